The highest BCUT2D eigenvalue weighted by Gasteiger charge is 2.36. The highest BCUT2D eigenvalue weighted by molar-refractivity contribution is 7.64. The van der Waals surface area contributed by atoms with E-state index < -0.39 is 25.9 Å². The van der Waals surface area contributed by atoms with Crippen LogP contribution in [0.2, 0.25) is 0 Å². The summed E-state index contributed by atoms with van der Waals surface area (Å²) in [6, 6.07) is 0. The van der Waals surface area contributed by atoms with Crippen molar-refractivity contribution >= 4 is 19.3 Å². The molecule has 0 aliphatic rings. The molecule has 0 saturated heterocycles. The van der Waals surface area contributed by atoms with Crippen LogP contribution < -0.4 is 0 Å². The zero-order valence-electron chi connectivity index (χ0n) is 12.9. The predicted octanol–water partition coefficient (Wildman–Crippen LogP) is 1.80. The second-order valence-electron chi connectivity index (χ2n) is 6.76. The number of aliphatic hydroxyl groups is 1. The first-order chi connectivity index (χ1) is 8.97. The molecule has 0 aromatic carbocycles. The van der Waals surface area contributed by atoms with Gasteiger partial charge in [-0.3, -0.25) is 9.59 Å². The summed E-state index contributed by atoms with van der Waals surface area (Å²) in [6.45, 7) is 7.54. The molecule has 0 rings (SSSR count). The third-order valence-electron chi connectivity index (χ3n) is 2.94. The maximum atomic E-state index is 11.2. The molecular formula is C14H28O5P+. The Kier molecular flexibility index (Phi) is 8.04. The van der Waals surface area contributed by atoms with E-state index >= 15 is 0 Å². The van der Waals surface area contributed by atoms with Crippen molar-refractivity contribution in [2.45, 2.75) is 47.0 Å². The first kappa shape index (κ1) is 19.7. The van der Waals surface area contributed by atoms with Crippen molar-refractivity contribution in [2.24, 2.45) is 11.3 Å². The molecule has 6 heteroatoms. The van der Waals surface area contributed by atoms with Gasteiger partial charge in [-0.2, -0.15) is 0 Å². The van der Waals surface area contributed by atoms with Gasteiger partial charge in [-0.1, -0.05) is 27.7 Å². The van der Waals surface area contributed by atoms with Crippen LogP contribution in [0.25, 0.3) is 0 Å². The number of ketones is 2. The normalized spacial score (nSPS) is 14.2. The van der Waals surface area contributed by atoms with E-state index in [1.165, 1.54) is 0 Å². The van der Waals surface area contributed by atoms with Crippen molar-refractivity contribution in [1.82, 2.24) is 0 Å². The fourth-order valence-electron chi connectivity index (χ4n) is 2.42. The third kappa shape index (κ3) is 9.54. The van der Waals surface area contributed by atoms with E-state index in [9.17, 15) is 19.4 Å². The molecule has 0 saturated carbocycles. The monoisotopic (exact) mass is 307 g/mol. The standard InChI is InChI=1S/C14H28O5P/c1-11(8-14(2,3)4)10-20(18,19)7-5-6-12(16)13(17)9-15/h11,15,18-19H,5-10H2,1-4H3/q+1. The SMILES string of the molecule is CC(CC(C)(C)C)C[P+](O)(O)CCCC(=O)C(=O)CO. The van der Waals surface area contributed by atoms with E-state index in [-0.39, 0.29) is 30.3 Å². The first-order valence-electron chi connectivity index (χ1n) is 6.96. The van der Waals surface area contributed by atoms with Crippen molar-refractivity contribution in [2.75, 3.05) is 18.9 Å². The first-order valence-corrected chi connectivity index (χ1v) is 9.03. The Hall–Kier alpha value is -0.350. The number of aliphatic hydroxyl groups excluding tert-OH is 1. The summed E-state index contributed by atoms with van der Waals surface area (Å²) >= 11 is 0. The van der Waals surface area contributed by atoms with Crippen LogP contribution in [0.1, 0.15) is 47.0 Å². The van der Waals surface area contributed by atoms with Gasteiger partial charge < -0.3 is 5.11 Å². The van der Waals surface area contributed by atoms with Crippen molar-refractivity contribution in [3.05, 3.63) is 0 Å². The average Bonchev–Trinajstić information content (AvgIpc) is 2.23. The molecular weight excluding hydrogens is 279 g/mol. The van der Waals surface area contributed by atoms with Crippen molar-refractivity contribution < 1.29 is 24.5 Å². The minimum absolute atomic E-state index is 0.0318. The second kappa shape index (κ2) is 8.18. The lowest BCUT2D eigenvalue weighted by molar-refractivity contribution is -0.138. The summed E-state index contributed by atoms with van der Waals surface area (Å²) in [5, 5.41) is 8.53. The van der Waals surface area contributed by atoms with E-state index in [1.54, 1.807) is 0 Å². The van der Waals surface area contributed by atoms with Gasteiger partial charge in [0.15, 0.2) is 0 Å². The lowest BCUT2D eigenvalue weighted by Crippen LogP contribution is -2.19. The van der Waals surface area contributed by atoms with Crippen LogP contribution >= 0.6 is 7.72 Å². The lowest BCUT2D eigenvalue weighted by atomic mass is 9.86. The Morgan fingerprint density at radius 2 is 1.70 bits per heavy atom. The number of hydrogen-bond donors (Lipinski definition) is 3. The van der Waals surface area contributed by atoms with Crippen LogP contribution in [0.4, 0.5) is 0 Å². The van der Waals surface area contributed by atoms with Crippen LogP contribution in [0, 0.1) is 11.3 Å². The number of Topliss-reactive ketones (excluding diaryl/α,β-unsaturated/α-hetero) is 2. The van der Waals surface area contributed by atoms with Gasteiger partial charge in [0.25, 0.3) is 7.72 Å². The van der Waals surface area contributed by atoms with Gasteiger partial charge in [-0.25, -0.2) is 9.79 Å². The molecule has 0 radical (unpaired) electrons. The van der Waals surface area contributed by atoms with Crippen LogP contribution in [0.5, 0.6) is 0 Å². The molecule has 20 heavy (non-hydrogen) atoms. The van der Waals surface area contributed by atoms with Gasteiger partial charge >= 0.3 is 0 Å². The number of carbonyl (C=O) groups excluding carboxylic acids is 2. The molecule has 0 aromatic rings. The topological polar surface area (TPSA) is 94.8 Å². The fraction of sp³-hybridized carbons (Fsp3) is 0.857. The summed E-state index contributed by atoms with van der Waals surface area (Å²) in [6.07, 6.45) is 1.65. The number of carbonyl (C=O) groups is 2. The highest BCUT2D eigenvalue weighted by atomic mass is 31.2. The van der Waals surface area contributed by atoms with Gasteiger partial charge in [-0.15, -0.1) is 0 Å². The zero-order chi connectivity index (χ0) is 16.0. The van der Waals surface area contributed by atoms with Crippen LogP contribution in [-0.4, -0.2) is 45.4 Å². The fourth-order valence-corrected chi connectivity index (χ4v) is 4.40. The molecule has 0 amide bonds. The molecule has 0 fully saturated rings. The summed E-state index contributed by atoms with van der Waals surface area (Å²) in [5.74, 6) is -1.26. The van der Waals surface area contributed by atoms with Gasteiger partial charge in [0.1, 0.15) is 18.9 Å². The van der Waals surface area contributed by atoms with Gasteiger partial charge in [0, 0.05) is 6.42 Å². The van der Waals surface area contributed by atoms with E-state index in [0.717, 1.165) is 6.42 Å². The lowest BCUT2D eigenvalue weighted by Gasteiger charge is -2.24. The Labute approximate surface area is 121 Å². The summed E-state index contributed by atoms with van der Waals surface area (Å²) in [4.78, 5) is 42.1. The Morgan fingerprint density at radius 3 is 2.15 bits per heavy atom. The van der Waals surface area contributed by atoms with Crippen molar-refractivity contribution in [3.63, 3.8) is 0 Å². The Balaban J connectivity index is 4.13. The molecule has 118 valence electrons. The van der Waals surface area contributed by atoms with Gasteiger partial charge in [0.05, 0.1) is 0 Å². The summed E-state index contributed by atoms with van der Waals surface area (Å²) in [7, 11) is -3.01. The van der Waals surface area contributed by atoms with E-state index in [4.69, 9.17) is 5.11 Å². The van der Waals surface area contributed by atoms with E-state index in [1.807, 2.05) is 6.92 Å². The largest absolute Gasteiger partial charge is 0.388 e. The summed E-state index contributed by atoms with van der Waals surface area (Å²) < 4.78 is 0. The molecule has 0 aliphatic heterocycles. The molecule has 0 aromatic heterocycles. The molecule has 5 nitrogen and oxygen atoms in total. The maximum Gasteiger partial charge on any atom is 0.268 e. The van der Waals surface area contributed by atoms with Crippen LogP contribution in [0.3, 0.4) is 0 Å². The zero-order valence-corrected chi connectivity index (χ0v) is 13.8. The van der Waals surface area contributed by atoms with Crippen molar-refractivity contribution in [1.29, 1.82) is 0 Å². The van der Waals surface area contributed by atoms with E-state index in [2.05, 4.69) is 20.8 Å². The quantitative estimate of drug-likeness (QED) is 0.446. The smallest absolute Gasteiger partial charge is 0.268 e. The second-order valence-corrected chi connectivity index (χ2v) is 9.33. The Bertz CT molecular complexity index is 333. The predicted molar refractivity (Wildman–Crippen MR) is 80.7 cm³/mol. The Morgan fingerprint density at radius 1 is 1.15 bits per heavy atom. The van der Waals surface area contributed by atoms with Gasteiger partial charge in [0.2, 0.25) is 11.6 Å². The molecule has 0 spiro atoms. The molecule has 1 atom stereocenters. The third-order valence-corrected chi connectivity index (χ3v) is 5.18. The molecule has 1 unspecified atom stereocenters. The minimum atomic E-state index is -3.01. The molecule has 0 bridgehead atoms. The molecule has 0 aliphatic carbocycles. The molecule has 3 N–H and O–H groups in total. The van der Waals surface area contributed by atoms with Crippen LogP contribution in [0.15, 0.2) is 0 Å². The van der Waals surface area contributed by atoms with Crippen molar-refractivity contribution in [3.8, 4) is 0 Å². The highest BCUT2D eigenvalue weighted by Crippen LogP contribution is 2.53. The van der Waals surface area contributed by atoms with E-state index in [0.29, 0.717) is 6.16 Å². The average molecular weight is 307 g/mol. The van der Waals surface area contributed by atoms with Gasteiger partial charge in [-0.05, 0) is 24.2 Å². The maximum absolute atomic E-state index is 11.2. The minimum Gasteiger partial charge on any atom is -0.388 e. The van der Waals surface area contributed by atoms with Crippen LogP contribution in [-0.2, 0) is 9.59 Å². The number of hydrogen-bond acceptors (Lipinski definition) is 5. The number of rotatable bonds is 9. The molecule has 0 heterocycles. The summed E-state index contributed by atoms with van der Waals surface area (Å²) in [5.41, 5.74) is 0.142.